The Morgan fingerprint density at radius 1 is 0.857 bits per heavy atom. The third-order valence-electron chi connectivity index (χ3n) is 4.26. The van der Waals surface area contributed by atoms with E-state index in [1.807, 2.05) is 36.4 Å². The minimum absolute atomic E-state index is 0.0113. The van der Waals surface area contributed by atoms with Gasteiger partial charge >= 0.3 is 5.97 Å². The van der Waals surface area contributed by atoms with Gasteiger partial charge in [0.2, 0.25) is 5.89 Å². The third kappa shape index (κ3) is 3.99. The Kier molecular flexibility index (Phi) is 4.97. The van der Waals surface area contributed by atoms with Gasteiger partial charge in [-0.05, 0) is 24.3 Å². The maximum absolute atomic E-state index is 12.1. The number of hydrogen-bond donors (Lipinski definition) is 0. The molecule has 0 saturated carbocycles. The summed E-state index contributed by atoms with van der Waals surface area (Å²) >= 11 is 0. The largest absolute Gasteiger partial charge is 0.436 e. The van der Waals surface area contributed by atoms with E-state index in [1.54, 1.807) is 42.5 Å². The zero-order valence-corrected chi connectivity index (χ0v) is 15.0. The van der Waals surface area contributed by atoms with Crippen molar-refractivity contribution in [2.45, 2.75) is 12.8 Å². The van der Waals surface area contributed by atoms with Crippen LogP contribution in [0, 0.1) is 0 Å². The first kappa shape index (κ1) is 17.7. The number of oxazole rings is 1. The summed E-state index contributed by atoms with van der Waals surface area (Å²) in [6.07, 6.45) is 0.114. The summed E-state index contributed by atoms with van der Waals surface area (Å²) in [6.45, 7) is 0. The molecule has 0 bridgehead atoms. The lowest BCUT2D eigenvalue weighted by Gasteiger charge is -2.04. The maximum Gasteiger partial charge on any atom is 0.311 e. The van der Waals surface area contributed by atoms with Crippen LogP contribution in [-0.2, 0) is 4.79 Å². The van der Waals surface area contributed by atoms with Gasteiger partial charge in [0.1, 0.15) is 11.3 Å². The predicted molar refractivity (Wildman–Crippen MR) is 105 cm³/mol. The van der Waals surface area contributed by atoms with E-state index in [-0.39, 0.29) is 18.6 Å². The number of ether oxygens (including phenoxy) is 1. The highest BCUT2D eigenvalue weighted by Gasteiger charge is 2.13. The molecule has 28 heavy (non-hydrogen) atoms. The summed E-state index contributed by atoms with van der Waals surface area (Å²) in [7, 11) is 0. The number of Topliss-reactive ketones (excluding diaryl/α,β-unsaturated/α-hetero) is 1. The van der Waals surface area contributed by atoms with Crippen molar-refractivity contribution < 1.29 is 18.7 Å². The molecule has 1 heterocycles. The standard InChI is InChI=1S/C23H17NO4/c25-20(16-7-3-1-4-8-16)13-14-22(26)27-18-11-12-19-21(15-18)28-23(24-19)17-9-5-2-6-10-17/h1-12,15H,13-14H2. The van der Waals surface area contributed by atoms with E-state index >= 15 is 0 Å². The predicted octanol–water partition coefficient (Wildman–Crippen LogP) is 5.06. The number of carbonyl (C=O) groups is 2. The van der Waals surface area contributed by atoms with Crippen LogP contribution in [0.2, 0.25) is 0 Å². The first-order valence-corrected chi connectivity index (χ1v) is 8.94. The molecule has 0 aliphatic carbocycles. The third-order valence-corrected chi connectivity index (χ3v) is 4.26. The van der Waals surface area contributed by atoms with Crippen molar-refractivity contribution >= 4 is 22.9 Å². The maximum atomic E-state index is 12.1. The second-order valence-electron chi connectivity index (χ2n) is 6.28. The number of benzene rings is 3. The molecule has 1 aromatic heterocycles. The molecular weight excluding hydrogens is 354 g/mol. The van der Waals surface area contributed by atoms with Crippen molar-refractivity contribution in [3.8, 4) is 17.2 Å². The van der Waals surface area contributed by atoms with Crippen molar-refractivity contribution in [3.63, 3.8) is 0 Å². The summed E-state index contributed by atoms with van der Waals surface area (Å²) in [5.41, 5.74) is 2.67. The minimum Gasteiger partial charge on any atom is -0.436 e. The molecule has 0 aliphatic heterocycles. The second-order valence-corrected chi connectivity index (χ2v) is 6.28. The molecule has 0 atom stereocenters. The number of nitrogens with zero attached hydrogens (tertiary/aromatic N) is 1. The fraction of sp³-hybridized carbons (Fsp3) is 0.0870. The van der Waals surface area contributed by atoms with Crippen molar-refractivity contribution in [1.29, 1.82) is 0 Å². The van der Waals surface area contributed by atoms with Crippen molar-refractivity contribution in [2.75, 3.05) is 0 Å². The van der Waals surface area contributed by atoms with E-state index in [1.165, 1.54) is 0 Å². The van der Waals surface area contributed by atoms with Gasteiger partial charge < -0.3 is 9.15 Å². The Morgan fingerprint density at radius 3 is 2.32 bits per heavy atom. The number of esters is 1. The number of rotatable bonds is 6. The highest BCUT2D eigenvalue weighted by atomic mass is 16.5. The van der Waals surface area contributed by atoms with Crippen LogP contribution < -0.4 is 4.74 Å². The van der Waals surface area contributed by atoms with Gasteiger partial charge in [-0.2, -0.15) is 0 Å². The summed E-state index contributed by atoms with van der Waals surface area (Å²) in [5.74, 6) is 0.315. The lowest BCUT2D eigenvalue weighted by Crippen LogP contribution is -2.10. The number of hydrogen-bond acceptors (Lipinski definition) is 5. The highest BCUT2D eigenvalue weighted by Crippen LogP contribution is 2.27. The van der Waals surface area contributed by atoms with Gasteiger partial charge in [0.15, 0.2) is 11.4 Å². The highest BCUT2D eigenvalue weighted by molar-refractivity contribution is 5.97. The first-order chi connectivity index (χ1) is 13.7. The molecule has 0 fully saturated rings. The Balaban J connectivity index is 1.41. The van der Waals surface area contributed by atoms with Gasteiger partial charge in [0.25, 0.3) is 0 Å². The Labute approximate surface area is 161 Å². The summed E-state index contributed by atoms with van der Waals surface area (Å²) in [6, 6.07) is 23.5. The van der Waals surface area contributed by atoms with Crippen LogP contribution in [0.5, 0.6) is 5.75 Å². The van der Waals surface area contributed by atoms with Crippen LogP contribution in [-0.4, -0.2) is 16.7 Å². The smallest absolute Gasteiger partial charge is 0.311 e. The Bertz CT molecular complexity index is 1120. The molecule has 138 valence electrons. The van der Waals surface area contributed by atoms with Crippen molar-refractivity contribution in [3.05, 3.63) is 84.4 Å². The molecule has 0 radical (unpaired) electrons. The molecule has 3 aromatic carbocycles. The zero-order chi connectivity index (χ0) is 19.3. The molecule has 0 spiro atoms. The molecular formula is C23H17NO4. The van der Waals surface area contributed by atoms with E-state index in [0.717, 1.165) is 5.56 Å². The number of carbonyl (C=O) groups excluding carboxylic acids is 2. The SMILES string of the molecule is O=C(CCC(=O)c1ccccc1)Oc1ccc2nc(-c3ccccc3)oc2c1. The van der Waals surface area contributed by atoms with Gasteiger partial charge in [0, 0.05) is 23.6 Å². The molecule has 0 unspecified atom stereocenters. The normalized spacial score (nSPS) is 10.7. The van der Waals surface area contributed by atoms with Gasteiger partial charge in [-0.1, -0.05) is 48.5 Å². The molecule has 4 aromatic rings. The van der Waals surface area contributed by atoms with Crippen molar-refractivity contribution in [1.82, 2.24) is 4.98 Å². The lowest BCUT2D eigenvalue weighted by molar-refractivity contribution is -0.134. The molecule has 0 aliphatic rings. The van der Waals surface area contributed by atoms with E-state index in [4.69, 9.17) is 9.15 Å². The lowest BCUT2D eigenvalue weighted by atomic mass is 10.1. The molecule has 0 N–H and O–H groups in total. The Morgan fingerprint density at radius 2 is 1.57 bits per heavy atom. The van der Waals surface area contributed by atoms with Crippen LogP contribution in [0.4, 0.5) is 0 Å². The summed E-state index contributed by atoms with van der Waals surface area (Å²) in [5, 5.41) is 0. The summed E-state index contributed by atoms with van der Waals surface area (Å²) < 4.78 is 11.1. The molecule has 5 nitrogen and oxygen atoms in total. The van der Waals surface area contributed by atoms with Crippen LogP contribution in [0.1, 0.15) is 23.2 Å². The van der Waals surface area contributed by atoms with Crippen LogP contribution >= 0.6 is 0 Å². The summed E-state index contributed by atoms with van der Waals surface area (Å²) in [4.78, 5) is 28.6. The van der Waals surface area contributed by atoms with Gasteiger partial charge in [0.05, 0.1) is 6.42 Å². The van der Waals surface area contributed by atoms with Gasteiger partial charge in [-0.15, -0.1) is 0 Å². The average Bonchev–Trinajstić information content (AvgIpc) is 3.17. The zero-order valence-electron chi connectivity index (χ0n) is 15.0. The monoisotopic (exact) mass is 371 g/mol. The molecule has 5 heteroatoms. The molecule has 0 amide bonds. The molecule has 0 saturated heterocycles. The average molecular weight is 371 g/mol. The number of aromatic nitrogens is 1. The van der Waals surface area contributed by atoms with Crippen molar-refractivity contribution in [2.24, 2.45) is 0 Å². The first-order valence-electron chi connectivity index (χ1n) is 8.94. The second kappa shape index (κ2) is 7.88. The van der Waals surface area contributed by atoms with Crippen LogP contribution in [0.25, 0.3) is 22.6 Å². The quantitative estimate of drug-likeness (QED) is 0.269. The van der Waals surface area contributed by atoms with Gasteiger partial charge in [-0.3, -0.25) is 9.59 Å². The minimum atomic E-state index is -0.466. The topological polar surface area (TPSA) is 69.4 Å². The van der Waals surface area contributed by atoms with E-state index in [2.05, 4.69) is 4.98 Å². The van der Waals surface area contributed by atoms with E-state index in [0.29, 0.717) is 28.3 Å². The fourth-order valence-electron chi connectivity index (χ4n) is 2.84. The number of fused-ring (bicyclic) bond motifs is 1. The van der Waals surface area contributed by atoms with Crippen LogP contribution in [0.3, 0.4) is 0 Å². The van der Waals surface area contributed by atoms with E-state index < -0.39 is 5.97 Å². The van der Waals surface area contributed by atoms with Gasteiger partial charge in [-0.25, -0.2) is 4.98 Å². The van der Waals surface area contributed by atoms with E-state index in [9.17, 15) is 9.59 Å². The fourth-order valence-corrected chi connectivity index (χ4v) is 2.84. The van der Waals surface area contributed by atoms with Crippen LogP contribution in [0.15, 0.2) is 83.3 Å². The Hall–Kier alpha value is -3.73. The number of ketones is 1. The molecule has 4 rings (SSSR count).